The second-order valence-corrected chi connectivity index (χ2v) is 10.2. The van der Waals surface area contributed by atoms with E-state index in [4.69, 9.17) is 14.2 Å². The maximum atomic E-state index is 13.4. The Morgan fingerprint density at radius 2 is 1.56 bits per heavy atom. The minimum Gasteiger partial charge on any atom is -0.507 e. The van der Waals surface area contributed by atoms with Crippen molar-refractivity contribution < 1.29 is 28.9 Å². The first kappa shape index (κ1) is 27.8. The van der Waals surface area contributed by atoms with Crippen LogP contribution in [0.5, 0.6) is 17.2 Å². The maximum absolute atomic E-state index is 13.4. The summed E-state index contributed by atoms with van der Waals surface area (Å²) < 4.78 is 16.8. The van der Waals surface area contributed by atoms with Gasteiger partial charge >= 0.3 is 0 Å². The Labute approximate surface area is 229 Å². The molecule has 3 aromatic carbocycles. The number of methoxy groups -OCH3 is 1. The highest BCUT2D eigenvalue weighted by Crippen LogP contribution is 2.41. The molecule has 3 aromatic rings. The van der Waals surface area contributed by atoms with Crippen LogP contribution in [-0.2, 0) is 16.1 Å². The molecule has 1 unspecified atom stereocenters. The van der Waals surface area contributed by atoms with E-state index < -0.39 is 17.7 Å². The van der Waals surface area contributed by atoms with Crippen molar-refractivity contribution in [2.75, 3.05) is 13.7 Å². The minimum absolute atomic E-state index is 0.0333. The third-order valence-electron chi connectivity index (χ3n) is 6.31. The number of carbonyl (C=O) groups is 2. The molecular formula is C32H35NO6. The number of amides is 1. The summed E-state index contributed by atoms with van der Waals surface area (Å²) in [6.45, 7) is 8.69. The molecule has 0 aromatic heterocycles. The molecule has 204 valence electrons. The molecule has 0 aliphatic carbocycles. The summed E-state index contributed by atoms with van der Waals surface area (Å²) in [5.74, 6) is 0.620. The Morgan fingerprint density at radius 3 is 2.18 bits per heavy atom. The van der Waals surface area contributed by atoms with Crippen molar-refractivity contribution >= 4 is 17.4 Å². The molecule has 1 atom stereocenters. The number of ketones is 1. The molecule has 1 amide bonds. The lowest BCUT2D eigenvalue weighted by Crippen LogP contribution is -2.29. The van der Waals surface area contributed by atoms with Gasteiger partial charge in [0.2, 0.25) is 0 Å². The number of nitrogens with zero attached hydrogens (tertiary/aromatic N) is 1. The van der Waals surface area contributed by atoms with E-state index in [1.54, 1.807) is 55.6 Å². The van der Waals surface area contributed by atoms with Crippen LogP contribution in [0.15, 0.2) is 78.4 Å². The number of hydrogen-bond acceptors (Lipinski definition) is 6. The van der Waals surface area contributed by atoms with Crippen molar-refractivity contribution in [3.63, 3.8) is 0 Å². The summed E-state index contributed by atoms with van der Waals surface area (Å²) in [5.41, 5.74) is 1.95. The second kappa shape index (κ2) is 12.1. The summed E-state index contributed by atoms with van der Waals surface area (Å²) in [6, 6.07) is 20.7. The fourth-order valence-electron chi connectivity index (χ4n) is 4.47. The zero-order valence-corrected chi connectivity index (χ0v) is 23.0. The number of aliphatic hydroxyl groups is 1. The van der Waals surface area contributed by atoms with Crippen molar-refractivity contribution in [3.8, 4) is 17.2 Å². The third kappa shape index (κ3) is 6.42. The van der Waals surface area contributed by atoms with E-state index in [2.05, 4.69) is 0 Å². The lowest BCUT2D eigenvalue weighted by molar-refractivity contribution is -0.140. The Balaban J connectivity index is 1.75. The molecule has 0 saturated carbocycles. The SMILES string of the molecule is COc1ccc(C2/C(=C(/O)c3cccc(OCC(C)C)c3)C(=O)C(=O)N2Cc2ccc(OC(C)C)cc2)cc1. The van der Waals surface area contributed by atoms with Gasteiger partial charge < -0.3 is 24.2 Å². The first-order valence-electron chi connectivity index (χ1n) is 13.1. The van der Waals surface area contributed by atoms with Crippen LogP contribution in [0, 0.1) is 5.92 Å². The van der Waals surface area contributed by atoms with Gasteiger partial charge in [-0.2, -0.15) is 0 Å². The van der Waals surface area contributed by atoms with Crippen LogP contribution in [0.25, 0.3) is 5.76 Å². The Bertz CT molecular complexity index is 1340. The lowest BCUT2D eigenvalue weighted by Gasteiger charge is -2.26. The predicted octanol–water partition coefficient (Wildman–Crippen LogP) is 6.14. The number of hydrogen-bond donors (Lipinski definition) is 1. The van der Waals surface area contributed by atoms with Crippen LogP contribution in [0.2, 0.25) is 0 Å². The fraction of sp³-hybridized carbons (Fsp3) is 0.312. The summed E-state index contributed by atoms with van der Waals surface area (Å²) in [6.07, 6.45) is 0.0398. The van der Waals surface area contributed by atoms with E-state index in [1.165, 1.54) is 4.90 Å². The number of Topliss-reactive ketones (excluding diaryl/α,β-unsaturated/α-hetero) is 1. The number of carbonyl (C=O) groups excluding carboxylic acids is 2. The molecule has 7 heteroatoms. The summed E-state index contributed by atoms with van der Waals surface area (Å²) in [7, 11) is 1.57. The normalized spacial score (nSPS) is 16.7. The van der Waals surface area contributed by atoms with Gasteiger partial charge in [-0.05, 0) is 67.3 Å². The van der Waals surface area contributed by atoms with Crippen LogP contribution < -0.4 is 14.2 Å². The first-order chi connectivity index (χ1) is 18.7. The van der Waals surface area contributed by atoms with Gasteiger partial charge in [0.05, 0.1) is 31.4 Å². The molecule has 0 radical (unpaired) electrons. The Hall–Kier alpha value is -4.26. The van der Waals surface area contributed by atoms with Crippen molar-refractivity contribution in [3.05, 3.63) is 95.1 Å². The lowest BCUT2D eigenvalue weighted by atomic mass is 9.95. The van der Waals surface area contributed by atoms with Crippen LogP contribution in [0.1, 0.15) is 50.4 Å². The molecule has 1 aliphatic rings. The molecule has 0 spiro atoms. The highest BCUT2D eigenvalue weighted by atomic mass is 16.5. The average Bonchev–Trinajstić information content (AvgIpc) is 3.17. The van der Waals surface area contributed by atoms with Gasteiger partial charge in [-0.3, -0.25) is 9.59 Å². The zero-order chi connectivity index (χ0) is 28.1. The molecule has 1 N–H and O–H groups in total. The highest BCUT2D eigenvalue weighted by Gasteiger charge is 2.46. The quantitative estimate of drug-likeness (QED) is 0.193. The van der Waals surface area contributed by atoms with Crippen molar-refractivity contribution in [1.29, 1.82) is 0 Å². The minimum atomic E-state index is -0.789. The number of benzene rings is 3. The molecule has 1 saturated heterocycles. The van der Waals surface area contributed by atoms with Gasteiger partial charge in [0, 0.05) is 12.1 Å². The fourth-order valence-corrected chi connectivity index (χ4v) is 4.47. The Kier molecular flexibility index (Phi) is 8.59. The largest absolute Gasteiger partial charge is 0.507 e. The number of rotatable bonds is 10. The predicted molar refractivity (Wildman–Crippen MR) is 150 cm³/mol. The van der Waals surface area contributed by atoms with Gasteiger partial charge in [-0.15, -0.1) is 0 Å². The van der Waals surface area contributed by atoms with Gasteiger partial charge in [0.15, 0.2) is 0 Å². The van der Waals surface area contributed by atoms with E-state index in [-0.39, 0.29) is 24.0 Å². The van der Waals surface area contributed by atoms with E-state index in [1.807, 2.05) is 52.0 Å². The van der Waals surface area contributed by atoms with E-state index >= 15 is 0 Å². The van der Waals surface area contributed by atoms with Crippen LogP contribution >= 0.6 is 0 Å². The topological polar surface area (TPSA) is 85.3 Å². The van der Waals surface area contributed by atoms with Crippen LogP contribution in [-0.4, -0.2) is 41.5 Å². The number of ether oxygens (including phenoxy) is 3. The standard InChI is InChI=1S/C32H35NO6/c1-20(2)19-38-27-8-6-7-24(17-27)30(34)28-29(23-11-15-25(37-5)16-12-23)33(32(36)31(28)35)18-22-9-13-26(14-10-22)39-21(3)4/h6-17,20-21,29,34H,18-19H2,1-5H3/b30-28-. The van der Waals surface area contributed by atoms with Crippen molar-refractivity contribution in [2.24, 2.45) is 5.92 Å². The van der Waals surface area contributed by atoms with Crippen molar-refractivity contribution in [2.45, 2.75) is 46.4 Å². The summed E-state index contributed by atoms with van der Waals surface area (Å²) in [5, 5.41) is 11.4. The monoisotopic (exact) mass is 529 g/mol. The molecule has 4 rings (SSSR count). The van der Waals surface area contributed by atoms with Crippen molar-refractivity contribution in [1.82, 2.24) is 4.90 Å². The van der Waals surface area contributed by atoms with E-state index in [9.17, 15) is 14.7 Å². The van der Waals surface area contributed by atoms with E-state index in [0.717, 1.165) is 11.3 Å². The number of likely N-dealkylation sites (tertiary alicyclic amines) is 1. The van der Waals surface area contributed by atoms with Gasteiger partial charge in [0.1, 0.15) is 23.0 Å². The molecule has 0 bridgehead atoms. The Morgan fingerprint density at radius 1 is 0.897 bits per heavy atom. The summed E-state index contributed by atoms with van der Waals surface area (Å²) >= 11 is 0. The number of aliphatic hydroxyl groups excluding tert-OH is 1. The molecule has 1 fully saturated rings. The zero-order valence-electron chi connectivity index (χ0n) is 23.0. The van der Waals surface area contributed by atoms with E-state index in [0.29, 0.717) is 35.2 Å². The smallest absolute Gasteiger partial charge is 0.295 e. The second-order valence-electron chi connectivity index (χ2n) is 10.2. The maximum Gasteiger partial charge on any atom is 0.295 e. The summed E-state index contributed by atoms with van der Waals surface area (Å²) in [4.78, 5) is 28.3. The molecule has 1 heterocycles. The third-order valence-corrected chi connectivity index (χ3v) is 6.31. The van der Waals surface area contributed by atoms with Crippen LogP contribution in [0.3, 0.4) is 0 Å². The molecular weight excluding hydrogens is 494 g/mol. The first-order valence-corrected chi connectivity index (χ1v) is 13.1. The highest BCUT2D eigenvalue weighted by molar-refractivity contribution is 6.46. The van der Waals surface area contributed by atoms with Gasteiger partial charge in [0.25, 0.3) is 11.7 Å². The van der Waals surface area contributed by atoms with Crippen LogP contribution in [0.4, 0.5) is 0 Å². The van der Waals surface area contributed by atoms with Gasteiger partial charge in [-0.25, -0.2) is 0 Å². The molecule has 39 heavy (non-hydrogen) atoms. The van der Waals surface area contributed by atoms with Gasteiger partial charge in [-0.1, -0.05) is 50.2 Å². The molecule has 7 nitrogen and oxygen atoms in total. The average molecular weight is 530 g/mol. The molecule has 1 aliphatic heterocycles.